The van der Waals surface area contributed by atoms with Gasteiger partial charge in [-0.05, 0) is 95.7 Å². The van der Waals surface area contributed by atoms with E-state index in [1.165, 1.54) is 31.4 Å². The maximum atomic E-state index is 13.4. The minimum Gasteiger partial charge on any atom is -0.497 e. The Bertz CT molecular complexity index is 1260. The van der Waals surface area contributed by atoms with E-state index in [2.05, 4.69) is 33.1 Å². The molecule has 0 bridgehead atoms. The van der Waals surface area contributed by atoms with E-state index < -0.39 is 22.5 Å². The molecule has 0 aliphatic rings. The van der Waals surface area contributed by atoms with Crippen molar-refractivity contribution in [3.63, 3.8) is 0 Å². The minimum absolute atomic E-state index is 0.0181. The highest BCUT2D eigenvalue weighted by atomic mass is 127. The van der Waals surface area contributed by atoms with Crippen LogP contribution >= 0.6 is 34.2 Å². The van der Waals surface area contributed by atoms with Crippen LogP contribution in [0.25, 0.3) is 0 Å². The molecule has 0 aliphatic carbocycles. The van der Waals surface area contributed by atoms with Crippen molar-refractivity contribution in [2.45, 2.75) is 11.8 Å². The van der Waals surface area contributed by atoms with Gasteiger partial charge in [-0.2, -0.15) is 5.10 Å². The lowest BCUT2D eigenvalue weighted by molar-refractivity contribution is -0.119. The maximum absolute atomic E-state index is 13.4. The summed E-state index contributed by atoms with van der Waals surface area (Å²) in [5, 5.41) is 4.58. The van der Waals surface area contributed by atoms with Crippen molar-refractivity contribution in [1.82, 2.24) is 5.43 Å². The molecule has 3 aromatic rings. The van der Waals surface area contributed by atoms with Crippen LogP contribution < -0.4 is 14.5 Å². The van der Waals surface area contributed by atoms with E-state index in [9.17, 15) is 13.2 Å². The second-order valence-corrected chi connectivity index (χ2v) is 10.5. The Labute approximate surface area is 211 Å². The summed E-state index contributed by atoms with van der Waals surface area (Å²) in [6.45, 7) is 1.29. The van der Waals surface area contributed by atoms with Crippen molar-refractivity contribution in [1.29, 1.82) is 0 Å². The molecule has 0 aliphatic heterocycles. The van der Waals surface area contributed by atoms with Crippen molar-refractivity contribution in [2.24, 2.45) is 5.10 Å². The van der Waals surface area contributed by atoms with E-state index in [1.54, 1.807) is 31.2 Å². The van der Waals surface area contributed by atoms with Crippen LogP contribution in [-0.2, 0) is 14.8 Å². The lowest BCUT2D eigenvalue weighted by Crippen LogP contribution is -2.39. The van der Waals surface area contributed by atoms with Gasteiger partial charge in [0.2, 0.25) is 0 Å². The first-order valence-corrected chi connectivity index (χ1v) is 12.6. The minimum atomic E-state index is -4.06. The predicted octanol–water partition coefficient (Wildman–Crippen LogP) is 4.69. The second-order valence-electron chi connectivity index (χ2n) is 6.91. The third-order valence-electron chi connectivity index (χ3n) is 4.64. The number of methoxy groups -OCH3 is 1. The average molecular weight is 598 g/mol. The van der Waals surface area contributed by atoms with Gasteiger partial charge < -0.3 is 4.74 Å². The summed E-state index contributed by atoms with van der Waals surface area (Å²) in [5.41, 5.74) is 4.19. The topological polar surface area (TPSA) is 88.1 Å². The maximum Gasteiger partial charge on any atom is 0.264 e. The molecule has 1 amide bonds. The van der Waals surface area contributed by atoms with Gasteiger partial charge in [0.1, 0.15) is 12.3 Å². The summed E-state index contributed by atoms with van der Waals surface area (Å²) < 4.78 is 33.9. The summed E-state index contributed by atoms with van der Waals surface area (Å²) in [7, 11) is -2.57. The number of hydrogen-bond donors (Lipinski definition) is 1. The number of nitrogens with one attached hydrogen (secondary N) is 1. The number of carbonyl (C=O) groups is 1. The number of rotatable bonds is 8. The van der Waals surface area contributed by atoms with Gasteiger partial charge in [0, 0.05) is 8.59 Å². The molecule has 3 rings (SSSR count). The van der Waals surface area contributed by atoms with E-state index >= 15 is 0 Å². The summed E-state index contributed by atoms with van der Waals surface area (Å²) >= 11 is 8.15. The van der Waals surface area contributed by atoms with Crippen LogP contribution in [-0.4, -0.2) is 33.7 Å². The van der Waals surface area contributed by atoms with E-state index in [0.717, 1.165) is 13.4 Å². The molecule has 172 valence electrons. The largest absolute Gasteiger partial charge is 0.497 e. The molecule has 0 saturated heterocycles. The number of amides is 1. The number of anilines is 1. The SMILES string of the molecule is COc1ccc(S(=O)(=O)N(CC(=O)N/N=C(/C)c2cccc(I)c2)c2ccc(Cl)cc2)cc1. The molecular formula is C23H21ClIN3O4S. The van der Waals surface area contributed by atoms with Crippen LogP contribution in [0.1, 0.15) is 12.5 Å². The van der Waals surface area contributed by atoms with Crippen LogP contribution in [0.2, 0.25) is 5.02 Å². The Morgan fingerprint density at radius 2 is 1.76 bits per heavy atom. The molecule has 33 heavy (non-hydrogen) atoms. The Kier molecular flexibility index (Phi) is 8.33. The molecule has 0 spiro atoms. The number of carbonyl (C=O) groups excluding carboxylic acids is 1. The number of hydrogen-bond acceptors (Lipinski definition) is 5. The van der Waals surface area contributed by atoms with Gasteiger partial charge in [-0.25, -0.2) is 13.8 Å². The van der Waals surface area contributed by atoms with Crippen molar-refractivity contribution in [2.75, 3.05) is 18.0 Å². The molecule has 3 aromatic carbocycles. The third kappa shape index (κ3) is 6.46. The highest BCUT2D eigenvalue weighted by molar-refractivity contribution is 14.1. The molecule has 7 nitrogen and oxygen atoms in total. The Balaban J connectivity index is 1.87. The zero-order valence-corrected chi connectivity index (χ0v) is 21.6. The van der Waals surface area contributed by atoms with Gasteiger partial charge in [-0.1, -0.05) is 23.7 Å². The van der Waals surface area contributed by atoms with Crippen molar-refractivity contribution < 1.29 is 17.9 Å². The number of nitrogens with zero attached hydrogens (tertiary/aromatic N) is 2. The van der Waals surface area contributed by atoms with Gasteiger partial charge >= 0.3 is 0 Å². The average Bonchev–Trinajstić information content (AvgIpc) is 2.81. The molecule has 0 radical (unpaired) electrons. The van der Waals surface area contributed by atoms with E-state index in [0.29, 0.717) is 22.2 Å². The zero-order valence-electron chi connectivity index (χ0n) is 17.8. The van der Waals surface area contributed by atoms with Crippen LogP contribution in [0, 0.1) is 3.57 Å². The highest BCUT2D eigenvalue weighted by Crippen LogP contribution is 2.26. The first-order chi connectivity index (χ1) is 15.7. The van der Waals surface area contributed by atoms with Crippen LogP contribution in [0.4, 0.5) is 5.69 Å². The van der Waals surface area contributed by atoms with E-state index in [4.69, 9.17) is 16.3 Å². The van der Waals surface area contributed by atoms with E-state index in [1.807, 2.05) is 24.3 Å². The number of benzene rings is 3. The van der Waals surface area contributed by atoms with Crippen LogP contribution in [0.15, 0.2) is 82.8 Å². The molecule has 1 N–H and O–H groups in total. The smallest absolute Gasteiger partial charge is 0.264 e. The number of hydrazone groups is 1. The highest BCUT2D eigenvalue weighted by Gasteiger charge is 2.27. The molecule has 0 aromatic heterocycles. The fraction of sp³-hybridized carbons (Fsp3) is 0.130. The summed E-state index contributed by atoms with van der Waals surface area (Å²) in [5.74, 6) is -0.0721. The first kappa shape index (κ1) is 25.0. The first-order valence-electron chi connectivity index (χ1n) is 9.72. The van der Waals surface area contributed by atoms with Gasteiger partial charge in [0.15, 0.2) is 0 Å². The molecule has 0 fully saturated rings. The number of sulfonamides is 1. The zero-order chi connectivity index (χ0) is 24.0. The standard InChI is InChI=1S/C23H21ClIN3O4S/c1-16(17-4-3-5-19(25)14-17)26-27-23(29)15-28(20-8-6-18(24)7-9-20)33(30,31)22-12-10-21(32-2)11-13-22/h3-14H,15H2,1-2H3,(H,27,29)/b26-16-. The number of halogens is 2. The molecule has 0 unspecified atom stereocenters. The quantitative estimate of drug-likeness (QED) is 0.232. The normalized spacial score (nSPS) is 11.7. The van der Waals surface area contributed by atoms with Crippen molar-refractivity contribution in [3.8, 4) is 5.75 Å². The third-order valence-corrected chi connectivity index (χ3v) is 7.35. The molecule has 10 heteroatoms. The fourth-order valence-corrected chi connectivity index (χ4v) is 4.98. The van der Waals surface area contributed by atoms with Gasteiger partial charge in [0.05, 0.1) is 23.4 Å². The van der Waals surface area contributed by atoms with Gasteiger partial charge in [-0.15, -0.1) is 0 Å². The van der Waals surface area contributed by atoms with Crippen molar-refractivity contribution in [3.05, 3.63) is 87.0 Å². The van der Waals surface area contributed by atoms with E-state index in [-0.39, 0.29) is 4.90 Å². The molecule has 0 saturated carbocycles. The molecule has 0 atom stereocenters. The Hall–Kier alpha value is -2.63. The monoisotopic (exact) mass is 597 g/mol. The Morgan fingerprint density at radius 3 is 2.36 bits per heavy atom. The summed E-state index contributed by atoms with van der Waals surface area (Å²) in [6, 6.07) is 19.8. The second kappa shape index (κ2) is 11.0. The fourth-order valence-electron chi connectivity index (χ4n) is 2.89. The summed E-state index contributed by atoms with van der Waals surface area (Å²) in [6.07, 6.45) is 0. The Morgan fingerprint density at radius 1 is 1.09 bits per heavy atom. The predicted molar refractivity (Wildman–Crippen MR) is 138 cm³/mol. The lowest BCUT2D eigenvalue weighted by atomic mass is 10.1. The summed E-state index contributed by atoms with van der Waals surface area (Å²) in [4.78, 5) is 12.7. The molecular weight excluding hydrogens is 577 g/mol. The lowest BCUT2D eigenvalue weighted by Gasteiger charge is -2.24. The van der Waals surface area contributed by atoms with Crippen LogP contribution in [0.5, 0.6) is 5.75 Å². The van der Waals surface area contributed by atoms with Crippen molar-refractivity contribution >= 4 is 61.5 Å². The molecule has 0 heterocycles. The number of ether oxygens (including phenoxy) is 1. The van der Waals surface area contributed by atoms with Gasteiger partial charge in [-0.3, -0.25) is 9.10 Å². The van der Waals surface area contributed by atoms with Crippen LogP contribution in [0.3, 0.4) is 0 Å². The van der Waals surface area contributed by atoms with Gasteiger partial charge in [0.25, 0.3) is 15.9 Å².